The van der Waals surface area contributed by atoms with Gasteiger partial charge in [0, 0.05) is 16.1 Å². The van der Waals surface area contributed by atoms with Crippen LogP contribution in [0.15, 0.2) is 28.9 Å². The summed E-state index contributed by atoms with van der Waals surface area (Å²) in [6.45, 7) is 0. The van der Waals surface area contributed by atoms with E-state index in [-0.39, 0.29) is 5.52 Å². The Hall–Kier alpha value is -0.880. The van der Waals surface area contributed by atoms with Crippen LogP contribution in [0.5, 0.6) is 0 Å². The van der Waals surface area contributed by atoms with Gasteiger partial charge in [0.25, 0.3) is 0 Å². The average molecular weight is 292 g/mol. The number of hydrogen-bond acceptors (Lipinski definition) is 2. The number of nitrogens with zero attached hydrogens (tertiary/aromatic N) is 1. The molecule has 0 fully saturated rings. The molecule has 1 aromatic heterocycles. The second-order valence-corrected chi connectivity index (χ2v) is 5.89. The molecule has 3 nitrogen and oxygen atoms in total. The van der Waals surface area contributed by atoms with Gasteiger partial charge in [0.2, 0.25) is 10.0 Å². The molecule has 0 saturated carbocycles. The first-order valence-corrected chi connectivity index (χ1v) is 6.71. The third-order valence-corrected chi connectivity index (χ3v) is 3.69. The van der Waals surface area contributed by atoms with Crippen molar-refractivity contribution >= 4 is 36.9 Å². The third kappa shape index (κ3) is 1.68. The fourth-order valence-corrected chi connectivity index (χ4v) is 2.90. The topological polar surface area (TPSA) is 39.1 Å². The Morgan fingerprint density at radius 3 is 2.67 bits per heavy atom. The van der Waals surface area contributed by atoms with E-state index in [1.165, 1.54) is 18.3 Å². The summed E-state index contributed by atoms with van der Waals surface area (Å²) in [5.74, 6) is -0.552. The van der Waals surface area contributed by atoms with Crippen molar-refractivity contribution in [2.75, 3.05) is 6.26 Å². The zero-order chi connectivity index (χ0) is 11.2. The molecule has 0 aliphatic heterocycles. The smallest absolute Gasteiger partial charge is 0.236 e. The molecule has 0 amide bonds. The summed E-state index contributed by atoms with van der Waals surface area (Å²) in [7, 11) is -3.48. The highest BCUT2D eigenvalue weighted by Gasteiger charge is 2.16. The van der Waals surface area contributed by atoms with Crippen molar-refractivity contribution in [3.8, 4) is 0 Å². The van der Waals surface area contributed by atoms with Crippen LogP contribution in [0.2, 0.25) is 0 Å². The van der Waals surface area contributed by atoms with E-state index in [1.807, 2.05) is 0 Å². The normalized spacial score (nSPS) is 12.2. The van der Waals surface area contributed by atoms with Crippen LogP contribution in [0, 0.1) is 5.82 Å². The predicted molar refractivity (Wildman–Crippen MR) is 59.8 cm³/mol. The Labute approximate surface area is 94.7 Å². The van der Waals surface area contributed by atoms with Gasteiger partial charge in [0.1, 0.15) is 11.3 Å². The lowest BCUT2D eigenvalue weighted by Crippen LogP contribution is -2.08. The monoisotopic (exact) mass is 291 g/mol. The van der Waals surface area contributed by atoms with Crippen molar-refractivity contribution in [3.63, 3.8) is 0 Å². The maximum atomic E-state index is 13.5. The van der Waals surface area contributed by atoms with Gasteiger partial charge in [-0.2, -0.15) is 0 Å². The molecule has 0 radical (unpaired) electrons. The zero-order valence-electron chi connectivity index (χ0n) is 7.74. The van der Waals surface area contributed by atoms with Crippen LogP contribution < -0.4 is 0 Å². The number of fused-ring (bicyclic) bond motifs is 1. The first-order chi connectivity index (χ1) is 6.91. The molecule has 80 valence electrons. The average Bonchev–Trinajstić information content (AvgIpc) is 2.45. The minimum Gasteiger partial charge on any atom is -0.241 e. The molecule has 0 aliphatic carbocycles. The van der Waals surface area contributed by atoms with E-state index in [2.05, 4.69) is 15.9 Å². The van der Waals surface area contributed by atoms with E-state index in [9.17, 15) is 12.8 Å². The first-order valence-electron chi connectivity index (χ1n) is 4.07. The Morgan fingerprint density at radius 2 is 2.07 bits per heavy atom. The van der Waals surface area contributed by atoms with E-state index in [0.29, 0.717) is 9.86 Å². The highest BCUT2D eigenvalue weighted by atomic mass is 79.9. The largest absolute Gasteiger partial charge is 0.241 e. The van der Waals surface area contributed by atoms with E-state index in [1.54, 1.807) is 6.07 Å². The van der Waals surface area contributed by atoms with Gasteiger partial charge in [0.15, 0.2) is 0 Å². The Morgan fingerprint density at radius 1 is 1.40 bits per heavy atom. The van der Waals surface area contributed by atoms with Crippen molar-refractivity contribution in [3.05, 3.63) is 34.7 Å². The second-order valence-electron chi connectivity index (χ2n) is 3.17. The van der Waals surface area contributed by atoms with Crippen LogP contribution in [-0.4, -0.2) is 18.6 Å². The van der Waals surface area contributed by atoms with E-state index in [4.69, 9.17) is 0 Å². The summed E-state index contributed by atoms with van der Waals surface area (Å²) in [6, 6.07) is 4.43. The Kier molecular flexibility index (Phi) is 2.35. The molecule has 0 atom stereocenters. The fourth-order valence-electron chi connectivity index (χ4n) is 1.43. The first kappa shape index (κ1) is 10.6. The van der Waals surface area contributed by atoms with Gasteiger partial charge in [-0.25, -0.2) is 16.8 Å². The van der Waals surface area contributed by atoms with Crippen molar-refractivity contribution in [2.24, 2.45) is 0 Å². The summed E-state index contributed by atoms with van der Waals surface area (Å²) in [5.41, 5.74) is 0.0758. The molecule has 0 bridgehead atoms. The number of rotatable bonds is 1. The number of aromatic nitrogens is 1. The number of benzene rings is 1. The quantitative estimate of drug-likeness (QED) is 0.809. The lowest BCUT2D eigenvalue weighted by atomic mass is 10.2. The molecule has 2 rings (SSSR count). The molecular weight excluding hydrogens is 285 g/mol. The van der Waals surface area contributed by atoms with E-state index >= 15 is 0 Å². The van der Waals surface area contributed by atoms with Crippen molar-refractivity contribution in [1.29, 1.82) is 0 Å². The second kappa shape index (κ2) is 3.31. The molecule has 0 spiro atoms. The maximum Gasteiger partial charge on any atom is 0.236 e. The van der Waals surface area contributed by atoms with Crippen LogP contribution in [0.4, 0.5) is 4.39 Å². The number of halogens is 2. The molecule has 0 N–H and O–H groups in total. The molecule has 6 heteroatoms. The Bertz CT molecular complexity index is 633. The molecule has 15 heavy (non-hydrogen) atoms. The van der Waals surface area contributed by atoms with Gasteiger partial charge in [-0.3, -0.25) is 0 Å². The fraction of sp³-hybridized carbons (Fsp3) is 0.111. The molecule has 1 aromatic carbocycles. The van der Waals surface area contributed by atoms with Crippen LogP contribution in [0.1, 0.15) is 0 Å². The molecule has 0 unspecified atom stereocenters. The van der Waals surface area contributed by atoms with E-state index in [0.717, 1.165) is 10.2 Å². The van der Waals surface area contributed by atoms with Gasteiger partial charge in [-0.1, -0.05) is 12.1 Å². The maximum absolute atomic E-state index is 13.5. The summed E-state index contributed by atoms with van der Waals surface area (Å²) in [5, 5.41) is 0.542. The van der Waals surface area contributed by atoms with Gasteiger partial charge in [-0.15, -0.1) is 0 Å². The Balaban J connectivity index is 3.01. The predicted octanol–water partition coefficient (Wildman–Crippen LogP) is 2.35. The van der Waals surface area contributed by atoms with Crippen LogP contribution in [0.3, 0.4) is 0 Å². The van der Waals surface area contributed by atoms with Gasteiger partial charge in [-0.05, 0) is 22.0 Å². The minimum absolute atomic E-state index is 0.0758. The molecule has 1 heterocycles. The van der Waals surface area contributed by atoms with Crippen LogP contribution in [0.25, 0.3) is 10.9 Å². The van der Waals surface area contributed by atoms with Crippen molar-refractivity contribution < 1.29 is 12.8 Å². The van der Waals surface area contributed by atoms with Crippen LogP contribution in [-0.2, 0) is 10.0 Å². The lowest BCUT2D eigenvalue weighted by Gasteiger charge is -2.01. The van der Waals surface area contributed by atoms with Crippen molar-refractivity contribution in [1.82, 2.24) is 3.97 Å². The standard InChI is InChI=1S/C9H7BrFNO2S/c1-15(13,14)12-5-7(10)6-3-2-4-8(11)9(6)12/h2-5H,1H3. The summed E-state index contributed by atoms with van der Waals surface area (Å²) in [4.78, 5) is 0. The van der Waals surface area contributed by atoms with Crippen molar-refractivity contribution in [2.45, 2.75) is 0 Å². The summed E-state index contributed by atoms with van der Waals surface area (Å²) < 4.78 is 37.8. The number of hydrogen-bond donors (Lipinski definition) is 0. The third-order valence-electron chi connectivity index (χ3n) is 2.05. The highest BCUT2D eigenvalue weighted by Crippen LogP contribution is 2.28. The lowest BCUT2D eigenvalue weighted by molar-refractivity contribution is 0.592. The molecule has 0 aliphatic rings. The van der Waals surface area contributed by atoms with E-state index < -0.39 is 15.8 Å². The minimum atomic E-state index is -3.48. The summed E-state index contributed by atoms with van der Waals surface area (Å²) in [6.07, 6.45) is 2.38. The van der Waals surface area contributed by atoms with Gasteiger partial charge < -0.3 is 0 Å². The van der Waals surface area contributed by atoms with Crippen LogP contribution >= 0.6 is 15.9 Å². The number of para-hydroxylation sites is 1. The zero-order valence-corrected chi connectivity index (χ0v) is 10.1. The SMILES string of the molecule is CS(=O)(=O)n1cc(Br)c2cccc(F)c21. The van der Waals surface area contributed by atoms with Gasteiger partial charge >= 0.3 is 0 Å². The molecular formula is C9H7BrFNO2S. The molecule has 2 aromatic rings. The molecule has 0 saturated heterocycles. The highest BCUT2D eigenvalue weighted by molar-refractivity contribution is 9.10. The van der Waals surface area contributed by atoms with Gasteiger partial charge in [0.05, 0.1) is 6.26 Å². The summed E-state index contributed by atoms with van der Waals surface area (Å²) >= 11 is 3.19.